The van der Waals surface area contributed by atoms with Crippen molar-refractivity contribution >= 4 is 28.9 Å². The molecule has 1 amide bonds. The summed E-state index contributed by atoms with van der Waals surface area (Å²) in [4.78, 5) is 15.0. The van der Waals surface area contributed by atoms with E-state index in [-0.39, 0.29) is 10.9 Å². The zero-order chi connectivity index (χ0) is 21.1. The third kappa shape index (κ3) is 3.98. The normalized spacial score (nSPS) is 15.5. The first-order valence-corrected chi connectivity index (χ1v) is 10.3. The van der Waals surface area contributed by atoms with Crippen LogP contribution in [0, 0.1) is 5.82 Å². The molecule has 0 spiro atoms. The fraction of sp³-hybridized carbons (Fsp3) is 0.208. The average Bonchev–Trinajstić information content (AvgIpc) is 2.76. The topological polar surface area (TPSA) is 41.6 Å². The predicted octanol–water partition coefficient (Wildman–Crippen LogP) is 6.43. The Morgan fingerprint density at radius 3 is 2.60 bits per heavy atom. The number of hydrogen-bond acceptors (Lipinski definition) is 3. The second-order valence-corrected chi connectivity index (χ2v) is 7.54. The van der Waals surface area contributed by atoms with Crippen molar-refractivity contribution < 1.29 is 13.9 Å². The lowest BCUT2D eigenvalue weighted by Gasteiger charge is -2.38. The highest BCUT2D eigenvalue weighted by Gasteiger charge is 2.34. The van der Waals surface area contributed by atoms with Gasteiger partial charge in [-0.3, -0.25) is 9.69 Å². The van der Waals surface area contributed by atoms with E-state index in [4.69, 9.17) is 16.3 Å². The summed E-state index contributed by atoms with van der Waals surface area (Å²) in [5.74, 6) is 0.0785. The van der Waals surface area contributed by atoms with Crippen LogP contribution in [0.1, 0.15) is 41.9 Å². The first kappa shape index (κ1) is 20.2. The minimum atomic E-state index is -0.525. The van der Waals surface area contributed by atoms with Gasteiger partial charge in [0, 0.05) is 11.4 Å². The minimum Gasteiger partial charge on any atom is -0.494 e. The molecule has 1 atom stereocenters. The van der Waals surface area contributed by atoms with Crippen molar-refractivity contribution in [2.45, 2.75) is 25.9 Å². The first-order valence-electron chi connectivity index (χ1n) is 9.95. The Morgan fingerprint density at radius 2 is 1.87 bits per heavy atom. The largest absolute Gasteiger partial charge is 0.494 e. The molecule has 0 fully saturated rings. The second-order valence-electron chi connectivity index (χ2n) is 7.14. The van der Waals surface area contributed by atoms with Crippen LogP contribution in [-0.4, -0.2) is 12.5 Å². The first-order chi connectivity index (χ1) is 14.6. The maximum absolute atomic E-state index is 13.7. The van der Waals surface area contributed by atoms with Crippen molar-refractivity contribution in [3.63, 3.8) is 0 Å². The van der Waals surface area contributed by atoms with E-state index in [2.05, 4.69) is 12.2 Å². The Kier molecular flexibility index (Phi) is 5.91. The number of benzene rings is 3. The van der Waals surface area contributed by atoms with Gasteiger partial charge < -0.3 is 10.1 Å². The van der Waals surface area contributed by atoms with Gasteiger partial charge in [-0.2, -0.15) is 0 Å². The number of rotatable bonds is 6. The summed E-state index contributed by atoms with van der Waals surface area (Å²) in [7, 11) is 0. The van der Waals surface area contributed by atoms with Crippen molar-refractivity contribution in [3.05, 3.63) is 88.7 Å². The summed E-state index contributed by atoms with van der Waals surface area (Å²) in [6, 6.07) is 19.3. The number of unbranched alkanes of at least 4 members (excludes halogenated alkanes) is 1. The molecule has 6 heteroatoms. The molecule has 30 heavy (non-hydrogen) atoms. The van der Waals surface area contributed by atoms with E-state index in [0.29, 0.717) is 17.9 Å². The lowest BCUT2D eigenvalue weighted by atomic mass is 10.0. The van der Waals surface area contributed by atoms with Crippen LogP contribution in [0.2, 0.25) is 5.02 Å². The van der Waals surface area contributed by atoms with Gasteiger partial charge in [0.25, 0.3) is 5.91 Å². The average molecular weight is 425 g/mol. The summed E-state index contributed by atoms with van der Waals surface area (Å²) in [6.07, 6.45) is 1.59. The SMILES string of the molecule is CCCCOc1ccc([C@@H]2Nc3ccccc3C(=O)N2c2ccc(F)c(Cl)c2)cc1. The number of nitrogens with zero attached hydrogens (tertiary/aromatic N) is 1. The van der Waals surface area contributed by atoms with E-state index in [1.165, 1.54) is 12.1 Å². The molecular weight excluding hydrogens is 403 g/mol. The third-order valence-corrected chi connectivity index (χ3v) is 5.36. The molecular formula is C24H22ClFN2O2. The lowest BCUT2D eigenvalue weighted by molar-refractivity contribution is 0.0975. The summed E-state index contributed by atoms with van der Waals surface area (Å²) in [5, 5.41) is 3.40. The highest BCUT2D eigenvalue weighted by Crippen LogP contribution is 2.38. The number of fused-ring (bicyclic) bond motifs is 1. The van der Waals surface area contributed by atoms with Crippen LogP contribution in [0.4, 0.5) is 15.8 Å². The number of carbonyl (C=O) groups excluding carboxylic acids is 1. The summed E-state index contributed by atoms with van der Waals surface area (Å²) < 4.78 is 19.5. The van der Waals surface area contributed by atoms with Gasteiger partial charge in [0.05, 0.1) is 17.2 Å². The highest BCUT2D eigenvalue weighted by molar-refractivity contribution is 6.31. The number of anilines is 2. The maximum Gasteiger partial charge on any atom is 0.262 e. The molecule has 0 unspecified atom stereocenters. The molecule has 4 nitrogen and oxygen atoms in total. The molecule has 1 N–H and O–H groups in total. The van der Waals surface area contributed by atoms with Gasteiger partial charge >= 0.3 is 0 Å². The van der Waals surface area contributed by atoms with Crippen LogP contribution < -0.4 is 15.0 Å². The zero-order valence-corrected chi connectivity index (χ0v) is 17.3. The van der Waals surface area contributed by atoms with Crippen LogP contribution in [0.25, 0.3) is 0 Å². The monoisotopic (exact) mass is 424 g/mol. The van der Waals surface area contributed by atoms with Gasteiger partial charge in [0.15, 0.2) is 0 Å². The molecule has 1 heterocycles. The molecule has 4 rings (SSSR count). The third-order valence-electron chi connectivity index (χ3n) is 5.07. The van der Waals surface area contributed by atoms with Crippen LogP contribution in [0.5, 0.6) is 5.75 Å². The maximum atomic E-state index is 13.7. The molecule has 1 aliphatic heterocycles. The van der Waals surface area contributed by atoms with Crippen molar-refractivity contribution in [2.24, 2.45) is 0 Å². The summed E-state index contributed by atoms with van der Waals surface area (Å²) in [6.45, 7) is 2.79. The van der Waals surface area contributed by atoms with Gasteiger partial charge in [-0.25, -0.2) is 4.39 Å². The summed E-state index contributed by atoms with van der Waals surface area (Å²) >= 11 is 6.01. The molecule has 154 valence electrons. The van der Waals surface area contributed by atoms with E-state index >= 15 is 0 Å². The molecule has 0 saturated carbocycles. The second kappa shape index (κ2) is 8.76. The number of nitrogens with one attached hydrogen (secondary N) is 1. The molecule has 0 aliphatic carbocycles. The Balaban J connectivity index is 1.71. The van der Waals surface area contributed by atoms with E-state index in [0.717, 1.165) is 29.8 Å². The zero-order valence-electron chi connectivity index (χ0n) is 16.6. The van der Waals surface area contributed by atoms with Crippen LogP contribution >= 0.6 is 11.6 Å². The quantitative estimate of drug-likeness (QED) is 0.463. The van der Waals surface area contributed by atoms with E-state index in [9.17, 15) is 9.18 Å². The van der Waals surface area contributed by atoms with E-state index in [1.54, 1.807) is 17.0 Å². The molecule has 1 aliphatic rings. The number of amides is 1. The number of para-hydroxylation sites is 1. The molecule has 0 radical (unpaired) electrons. The smallest absolute Gasteiger partial charge is 0.262 e. The van der Waals surface area contributed by atoms with Crippen molar-refractivity contribution in [1.29, 1.82) is 0 Å². The number of carbonyl (C=O) groups is 1. The molecule has 0 saturated heterocycles. The number of hydrogen-bond donors (Lipinski definition) is 1. The lowest BCUT2D eigenvalue weighted by Crippen LogP contribution is -2.43. The Bertz CT molecular complexity index is 1060. The Hall–Kier alpha value is -3.05. The van der Waals surface area contributed by atoms with Crippen LogP contribution in [-0.2, 0) is 0 Å². The van der Waals surface area contributed by atoms with Crippen molar-refractivity contribution in [2.75, 3.05) is 16.8 Å². The molecule has 0 aromatic heterocycles. The van der Waals surface area contributed by atoms with Gasteiger partial charge in [-0.05, 0) is 54.4 Å². The van der Waals surface area contributed by atoms with E-state index in [1.807, 2.05) is 42.5 Å². The van der Waals surface area contributed by atoms with Crippen molar-refractivity contribution in [3.8, 4) is 5.75 Å². The summed E-state index contributed by atoms with van der Waals surface area (Å²) in [5.41, 5.74) is 2.69. The number of ether oxygens (including phenoxy) is 1. The van der Waals surface area contributed by atoms with Crippen molar-refractivity contribution in [1.82, 2.24) is 0 Å². The minimum absolute atomic E-state index is 0.0300. The standard InChI is InChI=1S/C24H22ClFN2O2/c1-2-3-14-30-18-11-8-16(9-12-18)23-27-22-7-5-4-6-19(22)24(29)28(23)17-10-13-21(26)20(25)15-17/h4-13,15,23,27H,2-3,14H2,1H3/t23-/m1/s1. The Morgan fingerprint density at radius 1 is 1.10 bits per heavy atom. The van der Waals surface area contributed by atoms with Gasteiger partial charge in [0.1, 0.15) is 17.7 Å². The molecule has 3 aromatic carbocycles. The Labute approximate surface area is 180 Å². The fourth-order valence-corrected chi connectivity index (χ4v) is 3.64. The highest BCUT2D eigenvalue weighted by atomic mass is 35.5. The van der Waals surface area contributed by atoms with Gasteiger partial charge in [0.2, 0.25) is 0 Å². The van der Waals surface area contributed by atoms with E-state index < -0.39 is 12.0 Å². The van der Waals surface area contributed by atoms with Gasteiger partial charge in [-0.15, -0.1) is 0 Å². The molecule has 0 bridgehead atoms. The van der Waals surface area contributed by atoms with Crippen LogP contribution in [0.15, 0.2) is 66.7 Å². The predicted molar refractivity (Wildman–Crippen MR) is 118 cm³/mol. The van der Waals surface area contributed by atoms with Gasteiger partial charge in [-0.1, -0.05) is 49.2 Å². The molecule has 3 aromatic rings. The number of halogens is 2. The van der Waals surface area contributed by atoms with Crippen LogP contribution in [0.3, 0.4) is 0 Å². The fourth-order valence-electron chi connectivity index (χ4n) is 3.47.